The maximum Gasteiger partial charge on any atom is 0.254 e. The third-order valence-electron chi connectivity index (χ3n) is 6.42. The Morgan fingerprint density at radius 3 is 2.89 bits per heavy atom. The Labute approximate surface area is 166 Å². The largest absolute Gasteiger partial charge is 0.383 e. The van der Waals surface area contributed by atoms with E-state index in [0.717, 1.165) is 55.4 Å². The summed E-state index contributed by atoms with van der Waals surface area (Å²) in [6, 6.07) is 7.96. The number of aryl methyl sites for hydroxylation is 1. The first-order valence-corrected chi connectivity index (χ1v) is 10.1. The quantitative estimate of drug-likeness (QED) is 0.816. The molecular weight excluding hydrogens is 354 g/mol. The molecule has 0 saturated carbocycles. The van der Waals surface area contributed by atoms with Crippen LogP contribution >= 0.6 is 0 Å². The summed E-state index contributed by atoms with van der Waals surface area (Å²) in [4.78, 5) is 29.6. The SMILES string of the molecule is COCCN1C[C@@]2(CCCN(C(=O)c3cccc4c3ccn4C)C2)CCC1=O. The predicted octanol–water partition coefficient (Wildman–Crippen LogP) is 2.67. The van der Waals surface area contributed by atoms with E-state index in [1.54, 1.807) is 7.11 Å². The molecule has 2 saturated heterocycles. The molecule has 2 amide bonds. The summed E-state index contributed by atoms with van der Waals surface area (Å²) < 4.78 is 7.21. The van der Waals surface area contributed by atoms with Gasteiger partial charge in [0.05, 0.1) is 6.61 Å². The number of benzene rings is 1. The maximum absolute atomic E-state index is 13.4. The molecule has 2 aliphatic rings. The number of rotatable bonds is 4. The van der Waals surface area contributed by atoms with Crippen molar-refractivity contribution in [3.05, 3.63) is 36.0 Å². The van der Waals surface area contributed by atoms with Crippen LogP contribution in [0.1, 0.15) is 36.0 Å². The van der Waals surface area contributed by atoms with Crippen molar-refractivity contribution in [1.29, 1.82) is 0 Å². The van der Waals surface area contributed by atoms with Gasteiger partial charge in [-0.25, -0.2) is 0 Å². The molecule has 2 fully saturated rings. The summed E-state index contributed by atoms with van der Waals surface area (Å²) in [6.07, 6.45) is 5.50. The highest BCUT2D eigenvalue weighted by atomic mass is 16.5. The molecule has 2 aromatic rings. The first kappa shape index (κ1) is 19.0. The van der Waals surface area contributed by atoms with Crippen molar-refractivity contribution in [2.45, 2.75) is 25.7 Å². The van der Waals surface area contributed by atoms with Crippen LogP contribution < -0.4 is 0 Å². The normalized spacial score (nSPS) is 23.0. The van der Waals surface area contributed by atoms with E-state index in [-0.39, 0.29) is 17.2 Å². The number of ether oxygens (including phenoxy) is 1. The molecule has 150 valence electrons. The molecule has 0 aliphatic carbocycles. The number of nitrogens with zero attached hydrogens (tertiary/aromatic N) is 3. The lowest BCUT2D eigenvalue weighted by atomic mass is 9.73. The fourth-order valence-electron chi connectivity index (χ4n) is 4.88. The molecule has 0 unspecified atom stereocenters. The lowest BCUT2D eigenvalue weighted by Crippen LogP contribution is -2.55. The van der Waals surface area contributed by atoms with Crippen LogP contribution in [0.25, 0.3) is 10.9 Å². The maximum atomic E-state index is 13.4. The van der Waals surface area contributed by atoms with Gasteiger partial charge in [-0.05, 0) is 37.5 Å². The Morgan fingerprint density at radius 2 is 2.07 bits per heavy atom. The van der Waals surface area contributed by atoms with E-state index in [2.05, 4.69) is 0 Å². The van der Waals surface area contributed by atoms with Crippen LogP contribution in [0.5, 0.6) is 0 Å². The fraction of sp³-hybridized carbons (Fsp3) is 0.545. The minimum Gasteiger partial charge on any atom is -0.383 e. The zero-order valence-electron chi connectivity index (χ0n) is 16.8. The lowest BCUT2D eigenvalue weighted by Gasteiger charge is -2.48. The molecule has 1 aromatic heterocycles. The Balaban J connectivity index is 1.54. The number of aromatic nitrogens is 1. The van der Waals surface area contributed by atoms with Gasteiger partial charge in [0.25, 0.3) is 5.91 Å². The number of likely N-dealkylation sites (tertiary alicyclic amines) is 2. The third kappa shape index (κ3) is 3.41. The van der Waals surface area contributed by atoms with Gasteiger partial charge in [0.1, 0.15) is 0 Å². The number of carbonyl (C=O) groups excluding carboxylic acids is 2. The molecule has 4 rings (SSSR count). The minimum atomic E-state index is 0.0140. The van der Waals surface area contributed by atoms with Crippen LogP contribution in [0.2, 0.25) is 0 Å². The highest BCUT2D eigenvalue weighted by Crippen LogP contribution is 2.39. The number of methoxy groups -OCH3 is 1. The van der Waals surface area contributed by atoms with Crippen LogP contribution in [-0.4, -0.2) is 66.1 Å². The van der Waals surface area contributed by atoms with Crippen molar-refractivity contribution in [2.24, 2.45) is 12.5 Å². The Bertz CT molecular complexity index is 890. The van der Waals surface area contributed by atoms with Gasteiger partial charge < -0.3 is 19.1 Å². The number of piperidine rings is 2. The average Bonchev–Trinajstić information content (AvgIpc) is 3.10. The fourth-order valence-corrected chi connectivity index (χ4v) is 4.88. The molecule has 0 radical (unpaired) electrons. The molecule has 0 bridgehead atoms. The monoisotopic (exact) mass is 383 g/mol. The topological polar surface area (TPSA) is 54.8 Å². The van der Waals surface area contributed by atoms with Gasteiger partial charge in [-0.2, -0.15) is 0 Å². The second-order valence-corrected chi connectivity index (χ2v) is 8.30. The molecule has 1 aromatic carbocycles. The van der Waals surface area contributed by atoms with Crippen molar-refractivity contribution in [3.63, 3.8) is 0 Å². The van der Waals surface area contributed by atoms with Gasteiger partial charge >= 0.3 is 0 Å². The molecule has 6 nitrogen and oxygen atoms in total. The second kappa shape index (κ2) is 7.59. The Kier molecular flexibility index (Phi) is 5.15. The Morgan fingerprint density at radius 1 is 1.21 bits per heavy atom. The van der Waals surface area contributed by atoms with E-state index in [9.17, 15) is 9.59 Å². The highest BCUT2D eigenvalue weighted by Gasteiger charge is 2.42. The van der Waals surface area contributed by atoms with E-state index < -0.39 is 0 Å². The van der Waals surface area contributed by atoms with Crippen molar-refractivity contribution >= 4 is 22.7 Å². The molecule has 1 spiro atoms. The molecule has 6 heteroatoms. The van der Waals surface area contributed by atoms with Crippen LogP contribution in [-0.2, 0) is 16.6 Å². The van der Waals surface area contributed by atoms with Gasteiger partial charge in [-0.3, -0.25) is 9.59 Å². The summed E-state index contributed by atoms with van der Waals surface area (Å²) >= 11 is 0. The van der Waals surface area contributed by atoms with Crippen molar-refractivity contribution in [2.75, 3.05) is 39.9 Å². The number of hydrogen-bond donors (Lipinski definition) is 0. The number of carbonyl (C=O) groups is 2. The van der Waals surface area contributed by atoms with Crippen molar-refractivity contribution in [3.8, 4) is 0 Å². The van der Waals surface area contributed by atoms with Crippen LogP contribution in [0.4, 0.5) is 0 Å². The predicted molar refractivity (Wildman–Crippen MR) is 108 cm³/mol. The molecule has 2 aliphatic heterocycles. The van der Waals surface area contributed by atoms with Crippen molar-refractivity contribution in [1.82, 2.24) is 14.4 Å². The van der Waals surface area contributed by atoms with Crippen LogP contribution in [0, 0.1) is 5.41 Å². The van der Waals surface area contributed by atoms with Gasteiger partial charge in [-0.15, -0.1) is 0 Å². The Hall–Kier alpha value is -2.34. The zero-order chi connectivity index (χ0) is 19.7. The van der Waals surface area contributed by atoms with Crippen LogP contribution in [0.3, 0.4) is 0 Å². The smallest absolute Gasteiger partial charge is 0.254 e. The number of hydrogen-bond acceptors (Lipinski definition) is 3. The minimum absolute atomic E-state index is 0.0140. The van der Waals surface area contributed by atoms with Crippen molar-refractivity contribution < 1.29 is 14.3 Å². The summed E-state index contributed by atoms with van der Waals surface area (Å²) in [7, 11) is 3.66. The highest BCUT2D eigenvalue weighted by molar-refractivity contribution is 6.06. The number of fused-ring (bicyclic) bond motifs is 1. The van der Waals surface area contributed by atoms with E-state index in [4.69, 9.17) is 4.74 Å². The number of amides is 2. The zero-order valence-corrected chi connectivity index (χ0v) is 16.8. The van der Waals surface area contributed by atoms with Gasteiger partial charge in [0.2, 0.25) is 5.91 Å². The van der Waals surface area contributed by atoms with E-state index in [1.807, 2.05) is 51.9 Å². The first-order chi connectivity index (χ1) is 13.5. The molecular formula is C22H29N3O3. The third-order valence-corrected chi connectivity index (χ3v) is 6.42. The molecule has 0 N–H and O–H groups in total. The van der Waals surface area contributed by atoms with Crippen LogP contribution in [0.15, 0.2) is 30.5 Å². The van der Waals surface area contributed by atoms with Gasteiger partial charge in [0, 0.05) is 74.8 Å². The molecule has 3 heterocycles. The van der Waals surface area contributed by atoms with E-state index in [1.165, 1.54) is 0 Å². The molecule has 28 heavy (non-hydrogen) atoms. The standard InChI is InChI=1S/C22H29N3O3/c1-23-12-8-17-18(5-3-6-19(17)23)21(27)25-11-4-9-22(16-25)10-7-20(26)24(15-22)13-14-28-2/h3,5-6,8,12H,4,7,9-11,13-16H2,1-2H3/t22-/m1/s1. The summed E-state index contributed by atoms with van der Waals surface area (Å²) in [5, 5.41) is 1.01. The molecule has 1 atom stereocenters. The summed E-state index contributed by atoms with van der Waals surface area (Å²) in [5.74, 6) is 0.316. The second-order valence-electron chi connectivity index (χ2n) is 8.30. The van der Waals surface area contributed by atoms with Gasteiger partial charge in [-0.1, -0.05) is 6.07 Å². The van der Waals surface area contributed by atoms with Gasteiger partial charge in [0.15, 0.2) is 0 Å². The van der Waals surface area contributed by atoms with E-state index >= 15 is 0 Å². The first-order valence-electron chi connectivity index (χ1n) is 10.1. The lowest BCUT2D eigenvalue weighted by molar-refractivity contribution is -0.139. The summed E-state index contributed by atoms with van der Waals surface area (Å²) in [5.41, 5.74) is 1.87. The summed E-state index contributed by atoms with van der Waals surface area (Å²) in [6.45, 7) is 3.44. The average molecular weight is 383 g/mol. The van der Waals surface area contributed by atoms with E-state index in [0.29, 0.717) is 19.6 Å².